The Hall–Kier alpha value is -1.87. The van der Waals surface area contributed by atoms with Crippen molar-refractivity contribution >= 4 is 9.84 Å². The van der Waals surface area contributed by atoms with Gasteiger partial charge in [0.1, 0.15) is 12.0 Å². The average molecular weight is 295 g/mol. The maximum absolute atomic E-state index is 11.6. The number of hydrogen-bond donors (Lipinski definition) is 1. The molecule has 0 aromatic carbocycles. The number of sulfone groups is 1. The van der Waals surface area contributed by atoms with Crippen molar-refractivity contribution in [3.63, 3.8) is 0 Å². The molecular weight excluding hydrogens is 282 g/mol. The van der Waals surface area contributed by atoms with E-state index < -0.39 is 9.84 Å². The quantitative estimate of drug-likeness (QED) is 0.803. The Morgan fingerprint density at radius 1 is 1.45 bits per heavy atom. The standard InChI is InChI=1S/C11H13N5O3S/c17-20(18)4-3-13-8(6-20)5-10-15-11(16-19-10)9-1-2-12-7-14-9/h1-2,7-8,13H,3-6H2. The molecule has 2 aromatic heterocycles. The molecular formula is C11H13N5O3S. The summed E-state index contributed by atoms with van der Waals surface area (Å²) in [6.07, 6.45) is 3.38. The van der Waals surface area contributed by atoms with Crippen LogP contribution in [-0.4, -0.2) is 52.6 Å². The van der Waals surface area contributed by atoms with Gasteiger partial charge in [0, 0.05) is 25.2 Å². The molecule has 8 nitrogen and oxygen atoms in total. The lowest BCUT2D eigenvalue weighted by Crippen LogP contribution is -2.46. The molecule has 0 radical (unpaired) electrons. The van der Waals surface area contributed by atoms with E-state index in [1.54, 1.807) is 12.3 Å². The summed E-state index contributed by atoms with van der Waals surface area (Å²) in [5.74, 6) is 1.05. The molecule has 1 atom stereocenters. The minimum absolute atomic E-state index is 0.0955. The second kappa shape index (κ2) is 5.25. The van der Waals surface area contributed by atoms with Crippen molar-refractivity contribution in [1.29, 1.82) is 0 Å². The Bertz CT molecular complexity index is 685. The molecule has 1 aliphatic heterocycles. The van der Waals surface area contributed by atoms with E-state index in [0.29, 0.717) is 30.4 Å². The molecule has 1 saturated heterocycles. The molecule has 20 heavy (non-hydrogen) atoms. The van der Waals surface area contributed by atoms with Crippen LogP contribution in [0.25, 0.3) is 11.5 Å². The Kier molecular flexibility index (Phi) is 3.45. The minimum Gasteiger partial charge on any atom is -0.339 e. The fourth-order valence-corrected chi connectivity index (χ4v) is 3.52. The van der Waals surface area contributed by atoms with E-state index in [4.69, 9.17) is 4.52 Å². The van der Waals surface area contributed by atoms with Crippen LogP contribution in [0.2, 0.25) is 0 Å². The van der Waals surface area contributed by atoms with Crippen molar-refractivity contribution in [2.24, 2.45) is 0 Å². The van der Waals surface area contributed by atoms with Crippen molar-refractivity contribution in [2.75, 3.05) is 18.1 Å². The number of hydrogen-bond acceptors (Lipinski definition) is 8. The number of nitrogens with one attached hydrogen (secondary N) is 1. The predicted molar refractivity (Wildman–Crippen MR) is 69.5 cm³/mol. The summed E-state index contributed by atoms with van der Waals surface area (Å²) in [5.41, 5.74) is 0.569. The van der Waals surface area contributed by atoms with Crippen molar-refractivity contribution in [2.45, 2.75) is 12.5 Å². The molecule has 0 saturated carbocycles. The second-order valence-corrected chi connectivity index (χ2v) is 6.80. The number of rotatable bonds is 3. The third kappa shape index (κ3) is 2.99. The van der Waals surface area contributed by atoms with Gasteiger partial charge in [-0.25, -0.2) is 18.4 Å². The average Bonchev–Trinajstić information content (AvgIpc) is 2.87. The molecule has 2 aromatic rings. The van der Waals surface area contributed by atoms with E-state index in [0.717, 1.165) is 0 Å². The lowest BCUT2D eigenvalue weighted by Gasteiger charge is -2.21. The zero-order valence-corrected chi connectivity index (χ0v) is 11.4. The summed E-state index contributed by atoms with van der Waals surface area (Å²) in [5, 5.41) is 6.97. The summed E-state index contributed by atoms with van der Waals surface area (Å²) in [7, 11) is -2.97. The molecule has 3 heterocycles. The topological polar surface area (TPSA) is 111 Å². The van der Waals surface area contributed by atoms with E-state index in [9.17, 15) is 8.42 Å². The smallest absolute Gasteiger partial charge is 0.228 e. The van der Waals surface area contributed by atoms with Gasteiger partial charge in [0.15, 0.2) is 9.84 Å². The fraction of sp³-hybridized carbons (Fsp3) is 0.455. The first-order valence-corrected chi connectivity index (χ1v) is 7.97. The third-order valence-corrected chi connectivity index (χ3v) is 4.74. The molecule has 1 unspecified atom stereocenters. The van der Waals surface area contributed by atoms with Crippen LogP contribution in [0.5, 0.6) is 0 Å². The molecule has 3 rings (SSSR count). The monoisotopic (exact) mass is 295 g/mol. The highest BCUT2D eigenvalue weighted by atomic mass is 32.2. The van der Waals surface area contributed by atoms with Crippen LogP contribution in [0.15, 0.2) is 23.1 Å². The SMILES string of the molecule is O=S1(=O)CCNC(Cc2nc(-c3ccncn3)no2)C1. The molecule has 1 N–H and O–H groups in total. The molecule has 0 spiro atoms. The zero-order chi connectivity index (χ0) is 14.0. The first kappa shape index (κ1) is 13.1. The van der Waals surface area contributed by atoms with Gasteiger partial charge in [-0.05, 0) is 6.07 Å². The molecule has 1 aliphatic rings. The molecule has 0 aliphatic carbocycles. The Labute approximate surface area is 115 Å². The van der Waals surface area contributed by atoms with E-state index in [2.05, 4.69) is 25.4 Å². The van der Waals surface area contributed by atoms with Crippen LogP contribution in [0, 0.1) is 0 Å². The van der Waals surface area contributed by atoms with Gasteiger partial charge in [-0.15, -0.1) is 0 Å². The summed E-state index contributed by atoms with van der Waals surface area (Å²) in [6.45, 7) is 0.458. The van der Waals surface area contributed by atoms with Gasteiger partial charge in [-0.1, -0.05) is 5.16 Å². The third-order valence-electron chi connectivity index (χ3n) is 3.00. The van der Waals surface area contributed by atoms with Gasteiger partial charge < -0.3 is 9.84 Å². The fourth-order valence-electron chi connectivity index (χ4n) is 2.07. The molecule has 0 amide bonds. The van der Waals surface area contributed by atoms with E-state index >= 15 is 0 Å². The summed E-state index contributed by atoms with van der Waals surface area (Å²) in [4.78, 5) is 12.1. The van der Waals surface area contributed by atoms with Gasteiger partial charge in [-0.3, -0.25) is 0 Å². The first-order valence-electron chi connectivity index (χ1n) is 6.15. The predicted octanol–water partition coefficient (Wildman–Crippen LogP) is -0.544. The normalized spacial score (nSPS) is 21.7. The van der Waals surface area contributed by atoms with Crippen LogP contribution in [0.4, 0.5) is 0 Å². The van der Waals surface area contributed by atoms with Crippen LogP contribution in [0.3, 0.4) is 0 Å². The van der Waals surface area contributed by atoms with E-state index in [1.807, 2.05) is 0 Å². The number of nitrogens with zero attached hydrogens (tertiary/aromatic N) is 4. The second-order valence-electron chi connectivity index (χ2n) is 4.58. The summed E-state index contributed by atoms with van der Waals surface area (Å²) >= 11 is 0. The lowest BCUT2D eigenvalue weighted by molar-refractivity contribution is 0.361. The van der Waals surface area contributed by atoms with Gasteiger partial charge >= 0.3 is 0 Å². The van der Waals surface area contributed by atoms with Gasteiger partial charge in [0.05, 0.1) is 11.5 Å². The highest BCUT2D eigenvalue weighted by molar-refractivity contribution is 7.91. The van der Waals surface area contributed by atoms with Gasteiger partial charge in [0.25, 0.3) is 0 Å². The minimum atomic E-state index is -2.97. The highest BCUT2D eigenvalue weighted by Gasteiger charge is 2.26. The van der Waals surface area contributed by atoms with Crippen molar-refractivity contribution < 1.29 is 12.9 Å². The van der Waals surface area contributed by atoms with Crippen LogP contribution in [0.1, 0.15) is 5.89 Å². The molecule has 1 fully saturated rings. The van der Waals surface area contributed by atoms with Crippen LogP contribution < -0.4 is 5.32 Å². The molecule has 0 bridgehead atoms. The Morgan fingerprint density at radius 2 is 2.35 bits per heavy atom. The lowest BCUT2D eigenvalue weighted by atomic mass is 10.2. The Morgan fingerprint density at radius 3 is 3.10 bits per heavy atom. The van der Waals surface area contributed by atoms with Crippen molar-refractivity contribution in [1.82, 2.24) is 25.4 Å². The van der Waals surface area contributed by atoms with Gasteiger partial charge in [-0.2, -0.15) is 4.98 Å². The summed E-state index contributed by atoms with van der Waals surface area (Å²) in [6, 6.07) is 1.49. The highest BCUT2D eigenvalue weighted by Crippen LogP contribution is 2.13. The first-order chi connectivity index (χ1) is 9.62. The van der Waals surface area contributed by atoms with Crippen LogP contribution >= 0.6 is 0 Å². The van der Waals surface area contributed by atoms with E-state index in [-0.39, 0.29) is 17.5 Å². The summed E-state index contributed by atoms with van der Waals surface area (Å²) < 4.78 is 28.2. The molecule has 106 valence electrons. The number of aromatic nitrogens is 4. The van der Waals surface area contributed by atoms with Crippen molar-refractivity contribution in [3.8, 4) is 11.5 Å². The Balaban J connectivity index is 1.72. The largest absolute Gasteiger partial charge is 0.339 e. The molecule has 9 heteroatoms. The van der Waals surface area contributed by atoms with E-state index in [1.165, 1.54) is 6.33 Å². The van der Waals surface area contributed by atoms with Gasteiger partial charge in [0.2, 0.25) is 11.7 Å². The van der Waals surface area contributed by atoms with Crippen LogP contribution in [-0.2, 0) is 16.3 Å². The maximum atomic E-state index is 11.6. The van der Waals surface area contributed by atoms with Crippen molar-refractivity contribution in [3.05, 3.63) is 24.5 Å². The maximum Gasteiger partial charge on any atom is 0.228 e. The zero-order valence-electron chi connectivity index (χ0n) is 10.6.